The lowest BCUT2D eigenvalue weighted by Crippen LogP contribution is -2.15. The van der Waals surface area contributed by atoms with E-state index in [0.29, 0.717) is 11.6 Å². The summed E-state index contributed by atoms with van der Waals surface area (Å²) >= 11 is 1.68. The maximum Gasteiger partial charge on any atom is 0.390 e. The highest BCUT2D eigenvalue weighted by Crippen LogP contribution is 2.19. The van der Waals surface area contributed by atoms with Crippen LogP contribution in [0.1, 0.15) is 6.92 Å². The zero-order chi connectivity index (χ0) is 9.26. The lowest BCUT2D eigenvalue weighted by molar-refractivity contribution is -0.410. The van der Waals surface area contributed by atoms with Gasteiger partial charge in [-0.2, -0.15) is 0 Å². The number of fused-ring (bicyclic) bond motifs is 1. The highest BCUT2D eigenvalue weighted by Gasteiger charge is 2.12. The van der Waals surface area contributed by atoms with Gasteiger partial charge in [0.15, 0.2) is 5.03 Å². The number of imidazole rings is 1. The Bertz CT molecular complexity index is 424. The Morgan fingerprint density at radius 3 is 3.31 bits per heavy atom. The van der Waals surface area contributed by atoms with Crippen molar-refractivity contribution < 1.29 is 4.98 Å². The average molecular weight is 196 g/mol. The third kappa shape index (κ3) is 1.44. The van der Waals surface area contributed by atoms with Crippen LogP contribution in [0.2, 0.25) is 0 Å². The number of aromatic amines is 2. The number of thioether (sulfide) groups is 1. The fourth-order valence-corrected chi connectivity index (χ4v) is 1.87. The first-order chi connectivity index (χ1) is 6.31. The molecule has 0 aliphatic heterocycles. The molecule has 4 N–H and O–H groups in total. The minimum absolute atomic E-state index is 0.399. The molecule has 2 rings (SSSR count). The summed E-state index contributed by atoms with van der Waals surface area (Å²) in [5, 5.41) is 0.988. The van der Waals surface area contributed by atoms with Gasteiger partial charge in [0.2, 0.25) is 0 Å². The third-order valence-corrected chi connectivity index (χ3v) is 2.49. The van der Waals surface area contributed by atoms with Crippen molar-refractivity contribution in [3.05, 3.63) is 6.33 Å². The van der Waals surface area contributed by atoms with E-state index >= 15 is 0 Å². The molecule has 0 aliphatic carbocycles. The fourth-order valence-electron chi connectivity index (χ4n) is 1.11. The molecule has 0 bridgehead atoms. The van der Waals surface area contributed by atoms with Crippen molar-refractivity contribution in [3.63, 3.8) is 0 Å². The molecule has 0 unspecified atom stereocenters. The summed E-state index contributed by atoms with van der Waals surface area (Å²) in [6, 6.07) is 0. The summed E-state index contributed by atoms with van der Waals surface area (Å²) in [5.74, 6) is 1.38. The van der Waals surface area contributed by atoms with Crippen LogP contribution in [0.15, 0.2) is 11.4 Å². The van der Waals surface area contributed by atoms with E-state index in [1.54, 1.807) is 18.1 Å². The van der Waals surface area contributed by atoms with Crippen LogP contribution in [0, 0.1) is 0 Å². The van der Waals surface area contributed by atoms with Gasteiger partial charge in [-0.05, 0) is 10.7 Å². The lowest BCUT2D eigenvalue weighted by atomic mass is 10.5. The van der Waals surface area contributed by atoms with Gasteiger partial charge in [-0.25, -0.2) is 9.97 Å². The summed E-state index contributed by atoms with van der Waals surface area (Å²) in [7, 11) is 0. The van der Waals surface area contributed by atoms with Gasteiger partial charge in [0.1, 0.15) is 5.52 Å². The molecule has 2 heterocycles. The van der Waals surface area contributed by atoms with Crippen molar-refractivity contribution in [2.75, 3.05) is 11.5 Å². The van der Waals surface area contributed by atoms with Crippen molar-refractivity contribution in [3.8, 4) is 0 Å². The van der Waals surface area contributed by atoms with Crippen molar-refractivity contribution in [1.82, 2.24) is 15.0 Å². The first-order valence-electron chi connectivity index (χ1n) is 3.96. The molecule has 0 radical (unpaired) electrons. The number of nitrogens with one attached hydrogen (secondary N) is 2. The van der Waals surface area contributed by atoms with Crippen LogP contribution in [0.5, 0.6) is 0 Å². The van der Waals surface area contributed by atoms with Crippen LogP contribution in [0.4, 0.5) is 5.95 Å². The summed E-state index contributed by atoms with van der Waals surface area (Å²) in [6.45, 7) is 2.08. The van der Waals surface area contributed by atoms with Gasteiger partial charge >= 0.3 is 5.95 Å². The largest absolute Gasteiger partial charge is 0.390 e. The number of nitrogens with two attached hydrogens (primary N) is 1. The zero-order valence-electron chi connectivity index (χ0n) is 7.16. The smallest absolute Gasteiger partial charge is 0.339 e. The van der Waals surface area contributed by atoms with Crippen LogP contribution in [-0.2, 0) is 0 Å². The van der Waals surface area contributed by atoms with Gasteiger partial charge in [0.25, 0.3) is 5.65 Å². The SMILES string of the molecule is CCSc1[nH+]c(N)nc2nc[nH]c12. The number of H-pyrrole nitrogens is 2. The van der Waals surface area contributed by atoms with Crippen molar-refractivity contribution >= 4 is 28.9 Å². The second kappa shape index (κ2) is 3.21. The summed E-state index contributed by atoms with van der Waals surface area (Å²) in [5.41, 5.74) is 7.16. The van der Waals surface area contributed by atoms with E-state index in [4.69, 9.17) is 5.73 Å². The molecule has 0 atom stereocenters. The van der Waals surface area contributed by atoms with Crippen molar-refractivity contribution in [2.24, 2.45) is 0 Å². The first-order valence-corrected chi connectivity index (χ1v) is 4.94. The van der Waals surface area contributed by atoms with Crippen LogP contribution in [-0.4, -0.2) is 20.7 Å². The van der Waals surface area contributed by atoms with E-state index in [-0.39, 0.29) is 0 Å². The topological polar surface area (TPSA) is 81.7 Å². The van der Waals surface area contributed by atoms with Crippen LogP contribution in [0.3, 0.4) is 0 Å². The molecule has 0 saturated heterocycles. The van der Waals surface area contributed by atoms with E-state index in [0.717, 1.165) is 16.3 Å². The summed E-state index contributed by atoms with van der Waals surface area (Å²) in [4.78, 5) is 14.1. The molecule has 0 saturated carbocycles. The second-order valence-electron chi connectivity index (χ2n) is 2.49. The summed E-state index contributed by atoms with van der Waals surface area (Å²) < 4.78 is 0. The predicted octanol–water partition coefficient (Wildman–Crippen LogP) is 0.466. The fraction of sp³-hybridized carbons (Fsp3) is 0.286. The predicted molar refractivity (Wildman–Crippen MR) is 51.3 cm³/mol. The Balaban J connectivity index is 2.63. The highest BCUT2D eigenvalue weighted by molar-refractivity contribution is 7.99. The molecule has 6 heteroatoms. The van der Waals surface area contributed by atoms with Gasteiger partial charge in [-0.15, -0.1) is 0 Å². The lowest BCUT2D eigenvalue weighted by Gasteiger charge is -1.95. The number of rotatable bonds is 2. The van der Waals surface area contributed by atoms with Crippen molar-refractivity contribution in [1.29, 1.82) is 0 Å². The van der Waals surface area contributed by atoms with E-state index < -0.39 is 0 Å². The molecule has 0 fully saturated rings. The Kier molecular flexibility index (Phi) is 2.05. The minimum Gasteiger partial charge on any atom is -0.339 e. The Hall–Kier alpha value is -1.30. The number of nitrogen functional groups attached to an aromatic ring is 1. The Morgan fingerprint density at radius 2 is 2.54 bits per heavy atom. The highest BCUT2D eigenvalue weighted by atomic mass is 32.2. The molecular formula is C7H10N5S+. The zero-order valence-corrected chi connectivity index (χ0v) is 7.98. The molecule has 2 aromatic rings. The van der Waals surface area contributed by atoms with Gasteiger partial charge < -0.3 is 4.98 Å². The van der Waals surface area contributed by atoms with Gasteiger partial charge in [-0.1, -0.05) is 18.7 Å². The maximum atomic E-state index is 5.58. The first kappa shape index (κ1) is 8.31. The number of anilines is 1. The van der Waals surface area contributed by atoms with Gasteiger partial charge in [-0.3, -0.25) is 5.73 Å². The average Bonchev–Trinajstić information content (AvgIpc) is 2.52. The molecule has 68 valence electrons. The molecule has 13 heavy (non-hydrogen) atoms. The monoisotopic (exact) mass is 196 g/mol. The van der Waals surface area contributed by atoms with Crippen molar-refractivity contribution in [2.45, 2.75) is 11.9 Å². The van der Waals surface area contributed by atoms with Crippen LogP contribution >= 0.6 is 11.8 Å². The number of aromatic nitrogens is 4. The summed E-state index contributed by atoms with van der Waals surface area (Å²) in [6.07, 6.45) is 1.62. The standard InChI is InChI=1S/C7H9N5S/c1-2-13-6-4-5(10-3-9-4)11-7(8)12-6/h3H,2H2,1H3,(H3,8,9,10,11,12)/p+1. The molecule has 5 nitrogen and oxygen atoms in total. The number of nitrogens with zero attached hydrogens (tertiary/aromatic N) is 2. The number of hydrogen-bond donors (Lipinski definition) is 2. The maximum absolute atomic E-state index is 5.58. The molecule has 0 amide bonds. The van der Waals surface area contributed by atoms with E-state index in [9.17, 15) is 0 Å². The molecule has 0 aliphatic rings. The van der Waals surface area contributed by atoms with Crippen LogP contribution < -0.4 is 10.7 Å². The Morgan fingerprint density at radius 1 is 1.69 bits per heavy atom. The minimum atomic E-state index is 0.399. The van der Waals surface area contributed by atoms with Gasteiger partial charge in [0, 0.05) is 0 Å². The third-order valence-electron chi connectivity index (χ3n) is 1.60. The second-order valence-corrected chi connectivity index (χ2v) is 3.76. The van der Waals surface area contributed by atoms with E-state index in [1.165, 1.54) is 0 Å². The Labute approximate surface area is 79.2 Å². The molecule has 0 aromatic carbocycles. The molecular weight excluding hydrogens is 186 g/mol. The quantitative estimate of drug-likeness (QED) is 0.540. The van der Waals surface area contributed by atoms with Crippen LogP contribution in [0.25, 0.3) is 11.2 Å². The van der Waals surface area contributed by atoms with E-state index in [2.05, 4.69) is 26.9 Å². The van der Waals surface area contributed by atoms with E-state index in [1.807, 2.05) is 0 Å². The van der Waals surface area contributed by atoms with Gasteiger partial charge in [0.05, 0.1) is 6.33 Å². The number of hydrogen-bond acceptors (Lipinski definition) is 4. The molecule has 2 aromatic heterocycles. The molecule has 0 spiro atoms. The normalized spacial score (nSPS) is 10.8.